The lowest BCUT2D eigenvalue weighted by atomic mass is 9.70. The molecule has 0 aromatic heterocycles. The van der Waals surface area contributed by atoms with E-state index < -0.39 is 44.4 Å². The van der Waals surface area contributed by atoms with Gasteiger partial charge in [0.15, 0.2) is 0 Å². The van der Waals surface area contributed by atoms with E-state index in [4.69, 9.17) is 16.3 Å². The van der Waals surface area contributed by atoms with Gasteiger partial charge in [-0.3, -0.25) is 14.5 Å². The van der Waals surface area contributed by atoms with Gasteiger partial charge in [-0.1, -0.05) is 30.7 Å². The Morgan fingerprint density at radius 3 is 2.68 bits per heavy atom. The maximum Gasteiger partial charge on any atom is 0.264 e. The standard InChI is InChI=1S/C40H49ClFN5O5S/c1-26-7-11-34(42)37(39(49)45-19-14-28(13-17-43)15-20-45)47-18-4-6-32(47)23-46-24-40(16-3-5-29-21-31(41)9-10-33(29)40)25-52-36-12-8-30(22-35(36)46)38(48)44-53(50,51)27(26)2/h8-12,21-22,26-28,32,37H,3-7,13-16,18-20,23-25H2,1-2H3,(H,44,48)/b34-11-/t26-,27+,32-,37+,40-/m0/s1. The number of halogens is 2. The molecule has 2 saturated heterocycles. The number of piperidine rings is 1. The Kier molecular flexibility index (Phi) is 10.8. The van der Waals surface area contributed by atoms with Crippen LogP contribution in [0.4, 0.5) is 10.1 Å². The molecule has 2 aromatic carbocycles. The number of likely N-dealkylation sites (tertiary alicyclic amines) is 1. The fourth-order valence-electron chi connectivity index (χ4n) is 9.17. The number of benzene rings is 2. The van der Waals surface area contributed by atoms with E-state index in [1.807, 2.05) is 17.0 Å². The van der Waals surface area contributed by atoms with Crippen LogP contribution in [0.3, 0.4) is 0 Å². The molecule has 4 heterocycles. The van der Waals surface area contributed by atoms with Gasteiger partial charge in [-0.15, -0.1) is 0 Å². The Hall–Kier alpha value is -3.66. The highest BCUT2D eigenvalue weighted by molar-refractivity contribution is 7.90. The number of carbonyl (C=O) groups excluding carboxylic acids is 2. The highest BCUT2D eigenvalue weighted by Crippen LogP contribution is 2.45. The van der Waals surface area contributed by atoms with Gasteiger partial charge in [-0.25, -0.2) is 17.5 Å². The molecule has 2 fully saturated rings. The summed E-state index contributed by atoms with van der Waals surface area (Å²) < 4.78 is 52.7. The SMILES string of the molecule is C[C@@H]1[C@@H](C)C/C=C(\F)[C@H](C(=O)N2CCC(CC#N)CC2)N2CCC[C@H]2CN2C[C@@]3(CCCc4cc(Cl)ccc43)COc3ccc(cc32)C(=O)NS1(=O)=O. The monoisotopic (exact) mass is 765 g/mol. The van der Waals surface area contributed by atoms with Crippen molar-refractivity contribution in [1.82, 2.24) is 14.5 Å². The number of nitriles is 1. The molecule has 5 atom stereocenters. The number of allylic oxidation sites excluding steroid dienone is 1. The maximum absolute atomic E-state index is 16.8. The fourth-order valence-corrected chi connectivity index (χ4v) is 10.6. The predicted octanol–water partition coefficient (Wildman–Crippen LogP) is 6.14. The quantitative estimate of drug-likeness (QED) is 0.387. The number of nitrogens with zero attached hydrogens (tertiary/aromatic N) is 4. The van der Waals surface area contributed by atoms with Crippen molar-refractivity contribution in [3.05, 3.63) is 70.0 Å². The summed E-state index contributed by atoms with van der Waals surface area (Å²) in [6.07, 6.45) is 7.52. The van der Waals surface area contributed by atoms with Crippen molar-refractivity contribution in [2.75, 3.05) is 44.2 Å². The Morgan fingerprint density at radius 2 is 1.91 bits per heavy atom. The minimum Gasteiger partial charge on any atom is -0.490 e. The Morgan fingerprint density at radius 1 is 1.11 bits per heavy atom. The molecule has 1 aliphatic carbocycles. The van der Waals surface area contributed by atoms with E-state index in [0.717, 1.165) is 32.1 Å². The van der Waals surface area contributed by atoms with Gasteiger partial charge in [0.2, 0.25) is 15.9 Å². The fraction of sp³-hybridized carbons (Fsp3) is 0.575. The van der Waals surface area contributed by atoms with Crippen molar-refractivity contribution in [2.45, 2.75) is 94.4 Å². The largest absolute Gasteiger partial charge is 0.490 e. The van der Waals surface area contributed by atoms with Crippen molar-refractivity contribution in [1.29, 1.82) is 5.26 Å². The van der Waals surface area contributed by atoms with E-state index in [-0.39, 0.29) is 29.9 Å². The van der Waals surface area contributed by atoms with Gasteiger partial charge in [0.1, 0.15) is 17.6 Å². The molecule has 0 saturated carbocycles. The lowest BCUT2D eigenvalue weighted by Crippen LogP contribution is -2.55. The minimum absolute atomic E-state index is 0.0723. The van der Waals surface area contributed by atoms with E-state index in [0.29, 0.717) is 75.1 Å². The Balaban J connectivity index is 1.31. The number of hydrogen-bond acceptors (Lipinski definition) is 8. The first-order valence-electron chi connectivity index (χ1n) is 19.0. The van der Waals surface area contributed by atoms with Gasteiger partial charge in [0, 0.05) is 54.6 Å². The van der Waals surface area contributed by atoms with Crippen molar-refractivity contribution >= 4 is 39.1 Å². The van der Waals surface area contributed by atoms with Crippen LogP contribution in [-0.4, -0.2) is 86.7 Å². The van der Waals surface area contributed by atoms with Crippen molar-refractivity contribution in [3.63, 3.8) is 0 Å². The molecule has 1 N–H and O–H groups in total. The van der Waals surface area contributed by atoms with Crippen LogP contribution in [0.25, 0.3) is 0 Å². The zero-order valence-electron chi connectivity index (χ0n) is 30.5. The maximum atomic E-state index is 16.8. The van der Waals surface area contributed by atoms with Gasteiger partial charge in [0.25, 0.3) is 5.91 Å². The minimum atomic E-state index is -4.14. The molecule has 53 heavy (non-hydrogen) atoms. The second kappa shape index (κ2) is 15.2. The summed E-state index contributed by atoms with van der Waals surface area (Å²) in [5.41, 5.74) is 2.80. The van der Waals surface area contributed by atoms with Crippen LogP contribution in [0, 0.1) is 23.2 Å². The number of anilines is 1. The molecular weight excluding hydrogens is 717 g/mol. The average Bonchev–Trinajstić information content (AvgIpc) is 3.53. The first-order valence-corrected chi connectivity index (χ1v) is 21.0. The molecule has 2 amide bonds. The molecule has 0 radical (unpaired) electrons. The van der Waals surface area contributed by atoms with Gasteiger partial charge < -0.3 is 14.5 Å². The molecule has 2 bridgehead atoms. The molecule has 7 rings (SSSR count). The molecule has 13 heteroatoms. The number of aryl methyl sites for hydroxylation is 1. The summed E-state index contributed by atoms with van der Waals surface area (Å²) in [6, 6.07) is 12.0. The number of amides is 2. The van der Waals surface area contributed by atoms with Crippen LogP contribution in [0.15, 0.2) is 48.3 Å². The number of rotatable bonds is 2. The molecule has 0 unspecified atom stereocenters. The third-order valence-electron chi connectivity index (χ3n) is 12.5. The van der Waals surface area contributed by atoms with Crippen LogP contribution in [-0.2, 0) is 26.7 Å². The topological polar surface area (TPSA) is 123 Å². The van der Waals surface area contributed by atoms with Crippen LogP contribution in [0.2, 0.25) is 5.02 Å². The van der Waals surface area contributed by atoms with Crippen molar-refractivity contribution in [3.8, 4) is 11.8 Å². The van der Waals surface area contributed by atoms with Gasteiger partial charge in [-0.05, 0) is 118 Å². The summed E-state index contributed by atoms with van der Waals surface area (Å²) in [4.78, 5) is 34.0. The lowest BCUT2D eigenvalue weighted by Gasteiger charge is -2.43. The first-order chi connectivity index (χ1) is 25.4. The number of hydrogen-bond donors (Lipinski definition) is 1. The van der Waals surface area contributed by atoms with Crippen LogP contribution in [0.5, 0.6) is 5.75 Å². The molecule has 2 aromatic rings. The highest BCUT2D eigenvalue weighted by atomic mass is 35.5. The summed E-state index contributed by atoms with van der Waals surface area (Å²) in [5, 5.41) is 8.90. The average molecular weight is 766 g/mol. The van der Waals surface area contributed by atoms with E-state index in [9.17, 15) is 23.3 Å². The molecular formula is C40H49ClFN5O5S. The van der Waals surface area contributed by atoms with Crippen LogP contribution in [0.1, 0.15) is 86.7 Å². The van der Waals surface area contributed by atoms with E-state index in [1.165, 1.54) is 24.1 Å². The summed E-state index contributed by atoms with van der Waals surface area (Å²) in [6.45, 7) is 6.06. The van der Waals surface area contributed by atoms with E-state index in [2.05, 4.69) is 21.8 Å². The Bertz CT molecular complexity index is 1930. The second-order valence-electron chi connectivity index (χ2n) is 15.8. The second-order valence-corrected chi connectivity index (χ2v) is 18.3. The third-order valence-corrected chi connectivity index (χ3v) is 14.6. The normalized spacial score (nSPS) is 30.5. The number of ether oxygens (including phenoxy) is 1. The van der Waals surface area contributed by atoms with Crippen molar-refractivity contribution in [2.24, 2.45) is 11.8 Å². The van der Waals surface area contributed by atoms with E-state index >= 15 is 4.39 Å². The molecule has 10 nitrogen and oxygen atoms in total. The number of nitrogens with one attached hydrogen (secondary N) is 1. The summed E-state index contributed by atoms with van der Waals surface area (Å²) in [7, 11) is -4.14. The predicted molar refractivity (Wildman–Crippen MR) is 202 cm³/mol. The molecule has 5 aliphatic rings. The van der Waals surface area contributed by atoms with Gasteiger partial charge in [0.05, 0.1) is 23.6 Å². The Labute approximate surface area is 317 Å². The first kappa shape index (κ1) is 37.6. The number of fused-ring (bicyclic) bond motifs is 4. The molecule has 1 spiro atoms. The van der Waals surface area contributed by atoms with Gasteiger partial charge in [-0.2, -0.15) is 5.26 Å². The number of carbonyl (C=O) groups is 2. The van der Waals surface area contributed by atoms with Crippen LogP contribution >= 0.6 is 11.6 Å². The smallest absolute Gasteiger partial charge is 0.264 e. The van der Waals surface area contributed by atoms with Gasteiger partial charge >= 0.3 is 0 Å². The third kappa shape index (κ3) is 7.54. The molecule has 284 valence electrons. The highest BCUT2D eigenvalue weighted by Gasteiger charge is 2.45. The van der Waals surface area contributed by atoms with Crippen molar-refractivity contribution < 1.29 is 27.1 Å². The summed E-state index contributed by atoms with van der Waals surface area (Å²) in [5.74, 6) is -1.36. The zero-order valence-corrected chi connectivity index (χ0v) is 32.1. The zero-order chi connectivity index (χ0) is 37.5. The van der Waals surface area contributed by atoms with E-state index in [1.54, 1.807) is 30.0 Å². The lowest BCUT2D eigenvalue weighted by molar-refractivity contribution is -0.138. The number of sulfonamides is 1. The summed E-state index contributed by atoms with van der Waals surface area (Å²) >= 11 is 6.45. The molecule has 4 aliphatic heterocycles. The van der Waals surface area contributed by atoms with Crippen LogP contribution < -0.4 is 14.4 Å².